The number of aryl methyl sites for hydroxylation is 3. The number of benzene rings is 1. The average molecular weight is 359 g/mol. The van der Waals surface area contributed by atoms with Gasteiger partial charge in [0.15, 0.2) is 22.3 Å². The minimum atomic E-state index is -3.84. The molecule has 130 valence electrons. The van der Waals surface area contributed by atoms with E-state index in [1.54, 1.807) is 13.0 Å². The molecule has 0 aliphatic carbocycles. The molecule has 2 N–H and O–H groups in total. The minimum absolute atomic E-state index is 0.0104. The summed E-state index contributed by atoms with van der Waals surface area (Å²) in [5.41, 5.74) is 2.27. The number of hydrogen-bond acceptors (Lipinski definition) is 7. The zero-order valence-electron chi connectivity index (χ0n) is 13.9. The molecule has 0 fully saturated rings. The molecule has 0 bridgehead atoms. The lowest BCUT2D eigenvalue weighted by molar-refractivity contribution is 0.390. The summed E-state index contributed by atoms with van der Waals surface area (Å²) in [6.45, 7) is 5.09. The van der Waals surface area contributed by atoms with E-state index in [0.29, 0.717) is 5.82 Å². The lowest BCUT2D eigenvalue weighted by Gasteiger charge is -2.08. The van der Waals surface area contributed by atoms with Crippen LogP contribution in [0.15, 0.2) is 45.8 Å². The fourth-order valence-electron chi connectivity index (χ4n) is 2.37. The molecule has 0 radical (unpaired) electrons. The Bertz CT molecular complexity index is 977. The average Bonchev–Trinajstić information content (AvgIpc) is 2.89. The summed E-state index contributed by atoms with van der Waals surface area (Å²) in [7, 11) is -3.84. The highest BCUT2D eigenvalue weighted by Gasteiger charge is 2.24. The van der Waals surface area contributed by atoms with Crippen LogP contribution in [0.2, 0.25) is 0 Å². The third-order valence-electron chi connectivity index (χ3n) is 3.43. The van der Waals surface area contributed by atoms with Crippen molar-refractivity contribution in [3.8, 4) is 0 Å². The Hall–Kier alpha value is -2.94. The molecule has 8 nitrogen and oxygen atoms in total. The second kappa shape index (κ2) is 6.52. The fourth-order valence-corrected chi connectivity index (χ4v) is 3.70. The van der Waals surface area contributed by atoms with Gasteiger partial charge in [0.05, 0.1) is 0 Å². The van der Waals surface area contributed by atoms with E-state index in [1.807, 2.05) is 31.2 Å². The van der Waals surface area contributed by atoms with Crippen LogP contribution in [-0.2, 0) is 10.0 Å². The van der Waals surface area contributed by atoms with Gasteiger partial charge in [-0.3, -0.25) is 4.72 Å². The Kier molecular flexibility index (Phi) is 4.41. The van der Waals surface area contributed by atoms with E-state index in [4.69, 9.17) is 4.52 Å². The molecule has 25 heavy (non-hydrogen) atoms. The Morgan fingerprint density at radius 1 is 1.00 bits per heavy atom. The largest absolute Gasteiger partial charge is 0.360 e. The number of nitrogens with one attached hydrogen (secondary N) is 2. The first kappa shape index (κ1) is 16.9. The standard InChI is InChI=1S/C16H17N5O3S/c1-10-5-4-6-13(9-10)17-14-7-8-15(19-18-14)21-25(22,23)16-11(2)20-24-12(16)3/h4-9H,1-3H3,(H,17,18)(H,19,21). The van der Waals surface area contributed by atoms with Gasteiger partial charge in [-0.2, -0.15) is 0 Å². The lowest BCUT2D eigenvalue weighted by Crippen LogP contribution is -2.15. The highest BCUT2D eigenvalue weighted by molar-refractivity contribution is 7.92. The van der Waals surface area contributed by atoms with Crippen molar-refractivity contribution in [1.29, 1.82) is 0 Å². The molecule has 0 unspecified atom stereocenters. The first-order chi connectivity index (χ1) is 11.8. The summed E-state index contributed by atoms with van der Waals surface area (Å²) in [5, 5.41) is 14.6. The van der Waals surface area contributed by atoms with E-state index in [-0.39, 0.29) is 22.2 Å². The molecule has 0 saturated heterocycles. The quantitative estimate of drug-likeness (QED) is 0.720. The molecular formula is C16H17N5O3S. The van der Waals surface area contributed by atoms with Gasteiger partial charge >= 0.3 is 0 Å². The normalized spacial score (nSPS) is 11.3. The third kappa shape index (κ3) is 3.77. The topological polar surface area (TPSA) is 110 Å². The molecule has 0 saturated carbocycles. The van der Waals surface area contributed by atoms with Crippen molar-refractivity contribution in [2.24, 2.45) is 0 Å². The van der Waals surface area contributed by atoms with Gasteiger partial charge in [0.25, 0.3) is 10.0 Å². The van der Waals surface area contributed by atoms with Gasteiger partial charge in [-0.15, -0.1) is 10.2 Å². The van der Waals surface area contributed by atoms with Gasteiger partial charge < -0.3 is 9.84 Å². The maximum atomic E-state index is 12.4. The number of hydrogen-bond donors (Lipinski definition) is 2. The Balaban J connectivity index is 1.77. The second-order valence-corrected chi connectivity index (χ2v) is 7.18. The zero-order chi connectivity index (χ0) is 18.0. The summed E-state index contributed by atoms with van der Waals surface area (Å²) in [6, 6.07) is 11.0. The molecule has 1 aromatic carbocycles. The van der Waals surface area contributed by atoms with Crippen LogP contribution in [0.3, 0.4) is 0 Å². The van der Waals surface area contributed by atoms with E-state index in [1.165, 1.54) is 13.0 Å². The van der Waals surface area contributed by atoms with Crippen LogP contribution >= 0.6 is 0 Å². The smallest absolute Gasteiger partial charge is 0.268 e. The predicted octanol–water partition coefficient (Wildman–Crippen LogP) is 2.93. The molecule has 0 aliphatic rings. The number of anilines is 3. The van der Waals surface area contributed by atoms with Crippen molar-refractivity contribution in [3.05, 3.63) is 53.4 Å². The molecule has 9 heteroatoms. The Labute approximate surface area is 145 Å². The number of rotatable bonds is 5. The van der Waals surface area contributed by atoms with E-state index in [9.17, 15) is 8.42 Å². The van der Waals surface area contributed by atoms with E-state index in [2.05, 4.69) is 25.4 Å². The first-order valence-electron chi connectivity index (χ1n) is 7.48. The maximum absolute atomic E-state index is 12.4. The second-order valence-electron chi connectivity index (χ2n) is 5.56. The fraction of sp³-hybridized carbons (Fsp3) is 0.188. The van der Waals surface area contributed by atoms with Gasteiger partial charge in [0.2, 0.25) is 0 Å². The van der Waals surface area contributed by atoms with Gasteiger partial charge in [-0.05, 0) is 50.6 Å². The zero-order valence-corrected chi connectivity index (χ0v) is 14.8. The molecule has 0 spiro atoms. The van der Waals surface area contributed by atoms with E-state index >= 15 is 0 Å². The summed E-state index contributed by atoms with van der Waals surface area (Å²) >= 11 is 0. The van der Waals surface area contributed by atoms with Crippen molar-refractivity contribution >= 4 is 27.3 Å². The molecule has 3 aromatic rings. The molecule has 3 rings (SSSR count). The molecule has 2 heterocycles. The molecule has 0 amide bonds. The van der Waals surface area contributed by atoms with Crippen LogP contribution in [0.4, 0.5) is 17.3 Å². The van der Waals surface area contributed by atoms with Crippen LogP contribution in [0, 0.1) is 20.8 Å². The number of nitrogens with zero attached hydrogens (tertiary/aromatic N) is 3. The van der Waals surface area contributed by atoms with E-state index in [0.717, 1.165) is 11.3 Å². The Morgan fingerprint density at radius 3 is 2.32 bits per heavy atom. The predicted molar refractivity (Wildman–Crippen MR) is 93.3 cm³/mol. The number of aromatic nitrogens is 3. The van der Waals surface area contributed by atoms with Crippen LogP contribution in [0.25, 0.3) is 0 Å². The minimum Gasteiger partial charge on any atom is -0.360 e. The summed E-state index contributed by atoms with van der Waals surface area (Å²) in [6.07, 6.45) is 0. The van der Waals surface area contributed by atoms with Crippen LogP contribution in [-0.4, -0.2) is 23.8 Å². The van der Waals surface area contributed by atoms with Crippen LogP contribution in [0.5, 0.6) is 0 Å². The summed E-state index contributed by atoms with van der Waals surface area (Å²) < 4.78 is 32.1. The Morgan fingerprint density at radius 2 is 1.72 bits per heavy atom. The van der Waals surface area contributed by atoms with E-state index < -0.39 is 10.0 Å². The molecule has 2 aromatic heterocycles. The van der Waals surface area contributed by atoms with Crippen LogP contribution in [0.1, 0.15) is 17.0 Å². The summed E-state index contributed by atoms with van der Waals surface area (Å²) in [4.78, 5) is 0.0104. The van der Waals surface area contributed by atoms with Crippen molar-refractivity contribution in [2.45, 2.75) is 25.7 Å². The highest BCUT2D eigenvalue weighted by atomic mass is 32.2. The van der Waals surface area contributed by atoms with Gasteiger partial charge in [0.1, 0.15) is 5.69 Å². The van der Waals surface area contributed by atoms with Crippen molar-refractivity contribution in [1.82, 2.24) is 15.4 Å². The van der Waals surface area contributed by atoms with Crippen molar-refractivity contribution < 1.29 is 12.9 Å². The van der Waals surface area contributed by atoms with Gasteiger partial charge in [-0.25, -0.2) is 8.42 Å². The van der Waals surface area contributed by atoms with Gasteiger partial charge in [0, 0.05) is 5.69 Å². The first-order valence-corrected chi connectivity index (χ1v) is 8.96. The molecule has 0 atom stereocenters. The highest BCUT2D eigenvalue weighted by Crippen LogP contribution is 2.22. The molecular weight excluding hydrogens is 342 g/mol. The van der Waals surface area contributed by atoms with Gasteiger partial charge in [-0.1, -0.05) is 17.3 Å². The SMILES string of the molecule is Cc1cccc(Nc2ccc(NS(=O)(=O)c3c(C)noc3C)nn2)c1. The van der Waals surface area contributed by atoms with Crippen molar-refractivity contribution in [2.75, 3.05) is 10.0 Å². The monoisotopic (exact) mass is 359 g/mol. The number of sulfonamides is 1. The van der Waals surface area contributed by atoms with Crippen molar-refractivity contribution in [3.63, 3.8) is 0 Å². The molecule has 0 aliphatic heterocycles. The van der Waals surface area contributed by atoms with Crippen LogP contribution < -0.4 is 10.0 Å². The third-order valence-corrected chi connectivity index (χ3v) is 5.03. The summed E-state index contributed by atoms with van der Waals surface area (Å²) in [5.74, 6) is 0.830. The maximum Gasteiger partial charge on any atom is 0.268 e. The lowest BCUT2D eigenvalue weighted by atomic mass is 10.2.